The lowest BCUT2D eigenvalue weighted by Gasteiger charge is -2.30. The Kier molecular flexibility index (Phi) is 17.6. The first-order chi connectivity index (χ1) is 45.4. The minimum atomic E-state index is -1.13. The molecular formula is C60H76FN15O18. The van der Waals surface area contributed by atoms with Gasteiger partial charge < -0.3 is 74.3 Å². The van der Waals surface area contributed by atoms with Gasteiger partial charge in [-0.15, -0.1) is 0 Å². The fourth-order valence-electron chi connectivity index (χ4n) is 13.0. The van der Waals surface area contributed by atoms with Gasteiger partial charge in [0.15, 0.2) is 55.4 Å². The van der Waals surface area contributed by atoms with Crippen LogP contribution < -0.4 is 44.0 Å². The van der Waals surface area contributed by atoms with Gasteiger partial charge in [-0.25, -0.2) is 23.9 Å². The number of nitrogens with zero attached hydrogens (tertiary/aromatic N) is 9. The van der Waals surface area contributed by atoms with Gasteiger partial charge in [-0.05, 0) is 57.6 Å². The Balaban J connectivity index is 0.000000122. The highest BCUT2D eigenvalue weighted by Crippen LogP contribution is 2.50. The van der Waals surface area contributed by atoms with Crippen LogP contribution >= 0.6 is 0 Å². The minimum absolute atomic E-state index is 0.0393. The highest BCUT2D eigenvalue weighted by molar-refractivity contribution is 6.04. The van der Waals surface area contributed by atoms with Gasteiger partial charge in [0.05, 0.1) is 39.1 Å². The summed E-state index contributed by atoms with van der Waals surface area (Å²) in [6.45, 7) is 16.0. The second-order valence-electron chi connectivity index (χ2n) is 24.9. The summed E-state index contributed by atoms with van der Waals surface area (Å²) in [6.07, 6.45) is 0.197. The topological polar surface area (TPSA) is 425 Å². The number of aliphatic hydroxyl groups is 4. The zero-order valence-electron chi connectivity index (χ0n) is 53.6. The Morgan fingerprint density at radius 3 is 1.48 bits per heavy atom. The summed E-state index contributed by atoms with van der Waals surface area (Å²) < 4.78 is 72.3. The largest absolute Gasteiger partial charge is 0.387 e. The van der Waals surface area contributed by atoms with Gasteiger partial charge in [0.1, 0.15) is 77.1 Å². The van der Waals surface area contributed by atoms with Crippen molar-refractivity contribution in [3.05, 3.63) is 124 Å². The Morgan fingerprint density at radius 2 is 1.04 bits per heavy atom. The summed E-state index contributed by atoms with van der Waals surface area (Å²) in [5.74, 6) is 0.408. The fourth-order valence-corrected chi connectivity index (χ4v) is 13.0. The second-order valence-corrected chi connectivity index (χ2v) is 24.9. The number of aromatic amines is 3. The lowest BCUT2D eigenvalue weighted by Crippen LogP contribution is -2.41. The summed E-state index contributed by atoms with van der Waals surface area (Å²) >= 11 is 0. The molecule has 94 heavy (non-hydrogen) atoms. The van der Waals surface area contributed by atoms with Crippen LogP contribution in [0.3, 0.4) is 0 Å². The molecule has 8 aliphatic heterocycles. The molecule has 6 aromatic heterocycles. The molecular weight excluding hydrogens is 1240 g/mol. The van der Waals surface area contributed by atoms with Crippen LogP contribution in [-0.2, 0) is 37.9 Å². The van der Waals surface area contributed by atoms with Crippen molar-refractivity contribution in [1.82, 2.24) is 58.1 Å². The number of amides is 1. The van der Waals surface area contributed by atoms with Crippen LogP contribution in [0.15, 0.2) is 79.4 Å². The highest BCUT2D eigenvalue weighted by atomic mass is 19.1. The molecule has 0 aliphatic carbocycles. The van der Waals surface area contributed by atoms with Crippen molar-refractivity contribution < 1.29 is 68.9 Å². The molecule has 33 nitrogen and oxygen atoms in total. The van der Waals surface area contributed by atoms with Crippen molar-refractivity contribution in [3.63, 3.8) is 0 Å². The Morgan fingerprint density at radius 1 is 0.617 bits per heavy atom. The number of benzene rings is 1. The molecule has 8 fully saturated rings. The number of halogens is 1. The van der Waals surface area contributed by atoms with Crippen LogP contribution in [0.25, 0.3) is 22.3 Å². The molecule has 0 saturated carbocycles. The van der Waals surface area contributed by atoms with E-state index in [9.17, 15) is 53.6 Å². The first-order valence-corrected chi connectivity index (χ1v) is 31.1. The molecule has 14 heterocycles. The van der Waals surface area contributed by atoms with Crippen LogP contribution in [0.4, 0.5) is 22.1 Å². The number of ether oxygens (including phenoxy) is 8. The number of hydrogen-bond acceptors (Lipinski definition) is 25. The summed E-state index contributed by atoms with van der Waals surface area (Å²) in [4.78, 5) is 100. The predicted molar refractivity (Wildman–Crippen MR) is 328 cm³/mol. The van der Waals surface area contributed by atoms with Gasteiger partial charge in [-0.3, -0.25) is 52.4 Å². The van der Waals surface area contributed by atoms with Gasteiger partial charge in [-0.1, -0.05) is 59.7 Å². The third kappa shape index (κ3) is 11.3. The quantitative estimate of drug-likeness (QED) is 0.0641. The van der Waals surface area contributed by atoms with Crippen LogP contribution in [0.2, 0.25) is 1.41 Å². The first-order valence-electron chi connectivity index (χ1n) is 31.5. The predicted octanol–water partition coefficient (Wildman–Crippen LogP) is 1.04. The lowest BCUT2D eigenvalue weighted by atomic mass is 9.96. The van der Waals surface area contributed by atoms with Gasteiger partial charge in [0.2, 0.25) is 11.9 Å². The molecule has 8 aliphatic rings. The summed E-state index contributed by atoms with van der Waals surface area (Å²) in [6, 6.07) is 8.69. The minimum Gasteiger partial charge on any atom is -0.387 e. The molecule has 7 aromatic rings. The van der Waals surface area contributed by atoms with E-state index in [0.717, 1.165) is 0 Å². The second kappa shape index (κ2) is 25.6. The van der Waals surface area contributed by atoms with Crippen LogP contribution in [0, 0.1) is 19.8 Å². The van der Waals surface area contributed by atoms with E-state index in [4.69, 9.17) is 39.3 Å². The monoisotopic (exact) mass is 1310 g/mol. The van der Waals surface area contributed by atoms with Crippen molar-refractivity contribution in [2.45, 2.75) is 177 Å². The maximum absolute atomic E-state index is 12.7. The van der Waals surface area contributed by atoms with Crippen molar-refractivity contribution in [2.75, 3.05) is 55.7 Å². The number of carbonyl (C=O) groups is 1. The smallest absolute Gasteiger partial charge is 0.351 e. The van der Waals surface area contributed by atoms with Gasteiger partial charge in [0, 0.05) is 35.6 Å². The third-order valence-corrected chi connectivity index (χ3v) is 18.8. The number of alkyl halides is 1. The standard InChI is InChI=1S/C19H21N3O5.C16H23N5O4.C13H16FN5O4.C12H16N2O5/c1-3-19-10-26-13(14(19)23)17(27-19)22-9-11(2)15(21-18(22)25)20-16(24)12-7-5-4-6-8-12;1-4-16-6-24-10(11(16)22)14(25-16)21-7-18-9-12(21)19-15(20-13(9)23)17-5-8(2)3;1-2-13-3-22-7(8(13)20)11(23-13)19-5-16-6-9(19)17-12(15-4-14)18-10(6)21;1-3-12-5-18-7(8(12)15)10(19-12)14-4-6(2)9(16)13-11(14)17/h4-9,13-14,17,23H,3,10H2,1-2H3,(H,20,21,24,25);7-8,10-11,14,22H,4-6H2,1-3H3,(H2,17,19,20,23);5,7-8,11,20H,2-4H2,1H3,(H2,15,17,18,21);4,7-8,10,15H,3,5H2,1-2H3,(H,13,16,17)/t13-,14?,17+,19-;10-,11?,14+,16-;7-,8?,11+,13-;7-,8?,10+,12-/m0000/s1/i/hD. The molecule has 8 saturated heterocycles. The summed E-state index contributed by atoms with van der Waals surface area (Å²) in [5.41, 5.74) is -3.19. The molecule has 16 atom stereocenters. The molecule has 15 rings (SSSR count). The maximum Gasteiger partial charge on any atom is 0.351 e. The molecule has 506 valence electrons. The molecule has 10 N–H and O–H groups in total. The van der Waals surface area contributed by atoms with Crippen molar-refractivity contribution in [2.24, 2.45) is 5.92 Å². The van der Waals surface area contributed by atoms with Crippen molar-refractivity contribution in [3.8, 4) is 0 Å². The number of imidazole rings is 2. The molecule has 4 unspecified atom stereocenters. The van der Waals surface area contributed by atoms with Gasteiger partial charge >= 0.3 is 11.4 Å². The van der Waals surface area contributed by atoms with E-state index in [-0.39, 0.29) is 39.9 Å². The number of rotatable bonds is 15. The molecule has 1 amide bonds. The summed E-state index contributed by atoms with van der Waals surface area (Å²) in [7, 11) is 0. The Bertz CT molecular complexity index is 4320. The number of aromatic nitrogens is 12. The first kappa shape index (κ1) is 64.7. The zero-order valence-corrected chi connectivity index (χ0v) is 52.6. The van der Waals surface area contributed by atoms with Crippen molar-refractivity contribution >= 4 is 45.9 Å². The van der Waals surface area contributed by atoms with Crippen LogP contribution in [-0.4, -0.2) is 195 Å². The van der Waals surface area contributed by atoms with E-state index >= 15 is 0 Å². The van der Waals surface area contributed by atoms with E-state index < -0.39 is 125 Å². The summed E-state index contributed by atoms with van der Waals surface area (Å²) in [5, 5.41) is 47.7. The average Bonchev–Trinajstić information content (AvgIpc) is 1.61. The number of anilines is 3. The Labute approximate surface area is 534 Å². The number of aliphatic hydroxyl groups excluding tert-OH is 4. The SMILES string of the molecule is CC[C@]12CO[C@@H](C1O)[C@H](n1cc(C)c(=O)[nH]c1=O)O2.CC[C@]12CO[C@@H](C1O)[C@H](n1cc(C)c(NC(=O)c3ccccc3)nc1=O)O2.CC[C@]12CO[C@@H](C1O)[C@H](n1cnc3c(=O)[nH]c(NCC(C)C)nc31)O2.[2H]N(CF)c1nc2c(ncn2[C@@H]2O[C@@]3(CC)CO[C@H]2C3O)c(=O)[nH]1. The molecule has 0 spiro atoms. The molecule has 1 aromatic carbocycles. The fraction of sp³-hybridized carbons (Fsp3) is 0.583. The van der Waals surface area contributed by atoms with Crippen LogP contribution in [0.5, 0.6) is 0 Å². The molecule has 34 heteroatoms. The van der Waals surface area contributed by atoms with E-state index in [1.54, 1.807) is 48.9 Å². The Hall–Kier alpha value is -8.00. The highest BCUT2D eigenvalue weighted by Gasteiger charge is 2.64. The lowest BCUT2D eigenvalue weighted by molar-refractivity contribution is -0.175. The van der Waals surface area contributed by atoms with E-state index in [0.29, 0.717) is 98.2 Å². The average molecular weight is 1320 g/mol. The number of fused-ring (bicyclic) bond motifs is 10. The number of nitrogens with one attached hydrogen (secondary N) is 6. The van der Waals surface area contributed by atoms with E-state index in [1.165, 1.54) is 32.6 Å². The normalized spacial score (nSPS) is 32.3. The number of aryl methyl sites for hydroxylation is 2. The van der Waals surface area contributed by atoms with Gasteiger partial charge in [-0.2, -0.15) is 15.0 Å². The number of H-pyrrole nitrogens is 3. The third-order valence-electron chi connectivity index (χ3n) is 18.8. The van der Waals surface area contributed by atoms with Crippen LogP contribution in [0.1, 0.15) is 114 Å². The number of hydrogen-bond donors (Lipinski definition) is 10. The van der Waals surface area contributed by atoms with E-state index in [1.807, 2.05) is 33.8 Å². The molecule has 8 bridgehead atoms. The van der Waals surface area contributed by atoms with Crippen molar-refractivity contribution in [1.29, 1.82) is 0 Å². The number of carbonyl (C=O) groups excluding carboxylic acids is 1. The molecule has 0 radical (unpaired) electrons. The maximum atomic E-state index is 12.7. The van der Waals surface area contributed by atoms with Gasteiger partial charge in [0.25, 0.3) is 22.6 Å². The zero-order chi connectivity index (χ0) is 67.8. The van der Waals surface area contributed by atoms with E-state index in [2.05, 4.69) is 64.4 Å².